The van der Waals surface area contributed by atoms with Crippen molar-refractivity contribution in [3.63, 3.8) is 0 Å². The monoisotopic (exact) mass is 172 g/mol. The first kappa shape index (κ1) is 9.03. The van der Waals surface area contributed by atoms with E-state index in [2.05, 4.69) is 4.74 Å². The van der Waals surface area contributed by atoms with Crippen LogP contribution in [0.1, 0.15) is 20.3 Å². The molecule has 1 saturated heterocycles. The average molecular weight is 172 g/mol. The van der Waals surface area contributed by atoms with Gasteiger partial charge in [0.15, 0.2) is 6.10 Å². The van der Waals surface area contributed by atoms with Gasteiger partial charge in [-0.05, 0) is 5.92 Å². The largest absolute Gasteiger partial charge is 0.479 e. The van der Waals surface area contributed by atoms with Crippen LogP contribution in [0.5, 0.6) is 0 Å². The quantitative estimate of drug-likeness (QED) is 0.621. The van der Waals surface area contributed by atoms with Crippen molar-refractivity contribution in [3.05, 3.63) is 0 Å². The molecule has 0 saturated carbocycles. The van der Waals surface area contributed by atoms with Crippen LogP contribution in [0.25, 0.3) is 0 Å². The number of cyclic esters (lactones) is 1. The summed E-state index contributed by atoms with van der Waals surface area (Å²) in [4.78, 5) is 21.5. The third kappa shape index (κ3) is 1.57. The number of aliphatic carboxylic acids is 1. The molecule has 1 heterocycles. The summed E-state index contributed by atoms with van der Waals surface area (Å²) in [5, 5.41) is 8.55. The standard InChI is InChI=1S/C8H12O4/c1-4(2)5-3-6(7(9)10)12-8(5)11/h4-6H,3H2,1-2H3,(H,9,10). The van der Waals surface area contributed by atoms with Crippen molar-refractivity contribution >= 4 is 11.9 Å². The molecule has 2 unspecified atom stereocenters. The summed E-state index contributed by atoms with van der Waals surface area (Å²) in [5.41, 5.74) is 0. The van der Waals surface area contributed by atoms with Crippen molar-refractivity contribution in [1.82, 2.24) is 0 Å². The Morgan fingerprint density at radius 2 is 2.25 bits per heavy atom. The van der Waals surface area contributed by atoms with Gasteiger partial charge in [0.2, 0.25) is 0 Å². The van der Waals surface area contributed by atoms with Crippen LogP contribution in [-0.4, -0.2) is 23.1 Å². The fourth-order valence-corrected chi connectivity index (χ4v) is 1.30. The summed E-state index contributed by atoms with van der Waals surface area (Å²) in [6.07, 6.45) is -0.615. The number of carboxylic acid groups (broad SMARTS) is 1. The molecule has 68 valence electrons. The summed E-state index contributed by atoms with van der Waals surface area (Å²) in [6, 6.07) is 0. The molecule has 4 nitrogen and oxygen atoms in total. The van der Waals surface area contributed by atoms with E-state index in [1.807, 2.05) is 13.8 Å². The van der Waals surface area contributed by atoms with Gasteiger partial charge in [-0.2, -0.15) is 0 Å². The molecule has 0 aliphatic carbocycles. The minimum absolute atomic E-state index is 0.154. The molecule has 1 aliphatic heterocycles. The van der Waals surface area contributed by atoms with E-state index in [-0.39, 0.29) is 17.8 Å². The van der Waals surface area contributed by atoms with Gasteiger partial charge in [-0.1, -0.05) is 13.8 Å². The van der Waals surface area contributed by atoms with E-state index >= 15 is 0 Å². The number of esters is 1. The van der Waals surface area contributed by atoms with Gasteiger partial charge >= 0.3 is 11.9 Å². The molecule has 2 atom stereocenters. The number of ether oxygens (including phenoxy) is 1. The zero-order valence-electron chi connectivity index (χ0n) is 7.11. The van der Waals surface area contributed by atoms with E-state index in [0.717, 1.165) is 0 Å². The van der Waals surface area contributed by atoms with E-state index < -0.39 is 12.1 Å². The normalized spacial score (nSPS) is 29.1. The van der Waals surface area contributed by atoms with Crippen molar-refractivity contribution in [2.75, 3.05) is 0 Å². The third-order valence-corrected chi connectivity index (χ3v) is 2.11. The SMILES string of the molecule is CC(C)C1CC(C(=O)O)OC1=O. The van der Waals surface area contributed by atoms with E-state index in [0.29, 0.717) is 6.42 Å². The maximum Gasteiger partial charge on any atom is 0.345 e. The highest BCUT2D eigenvalue weighted by Crippen LogP contribution is 2.27. The molecule has 1 fully saturated rings. The molecule has 0 spiro atoms. The Labute approximate surface area is 70.5 Å². The number of hydrogen-bond donors (Lipinski definition) is 1. The van der Waals surface area contributed by atoms with Crippen LogP contribution in [0.3, 0.4) is 0 Å². The van der Waals surface area contributed by atoms with Crippen molar-refractivity contribution < 1.29 is 19.4 Å². The third-order valence-electron chi connectivity index (χ3n) is 2.11. The number of carbonyl (C=O) groups is 2. The van der Waals surface area contributed by atoms with Crippen LogP contribution in [-0.2, 0) is 14.3 Å². The fourth-order valence-electron chi connectivity index (χ4n) is 1.30. The van der Waals surface area contributed by atoms with E-state index in [1.165, 1.54) is 0 Å². The highest BCUT2D eigenvalue weighted by atomic mass is 16.6. The maximum atomic E-state index is 11.0. The zero-order chi connectivity index (χ0) is 9.30. The zero-order valence-corrected chi connectivity index (χ0v) is 7.11. The van der Waals surface area contributed by atoms with Gasteiger partial charge in [0.05, 0.1) is 5.92 Å². The molecule has 0 aromatic heterocycles. The van der Waals surface area contributed by atoms with Crippen LogP contribution in [0.15, 0.2) is 0 Å². The molecule has 1 rings (SSSR count). The van der Waals surface area contributed by atoms with Crippen molar-refractivity contribution in [2.45, 2.75) is 26.4 Å². The lowest BCUT2D eigenvalue weighted by molar-refractivity contribution is -0.157. The first-order valence-electron chi connectivity index (χ1n) is 3.95. The number of rotatable bonds is 2. The lowest BCUT2D eigenvalue weighted by Gasteiger charge is -2.07. The Hall–Kier alpha value is -1.06. The number of carbonyl (C=O) groups excluding carboxylic acids is 1. The van der Waals surface area contributed by atoms with Gasteiger partial charge in [-0.15, -0.1) is 0 Å². The second-order valence-corrected chi connectivity index (χ2v) is 3.35. The summed E-state index contributed by atoms with van der Waals surface area (Å²) in [7, 11) is 0. The lowest BCUT2D eigenvalue weighted by Crippen LogP contribution is -2.18. The minimum Gasteiger partial charge on any atom is -0.479 e. The van der Waals surface area contributed by atoms with Crippen LogP contribution in [0, 0.1) is 11.8 Å². The fraction of sp³-hybridized carbons (Fsp3) is 0.750. The molecule has 0 aromatic rings. The summed E-state index contributed by atoms with van der Waals surface area (Å²) in [6.45, 7) is 3.77. The average Bonchev–Trinajstić information content (AvgIpc) is 2.30. The van der Waals surface area contributed by atoms with Crippen LogP contribution in [0.2, 0.25) is 0 Å². The molecule has 12 heavy (non-hydrogen) atoms. The highest BCUT2D eigenvalue weighted by Gasteiger charge is 2.39. The molecular weight excluding hydrogens is 160 g/mol. The first-order valence-corrected chi connectivity index (χ1v) is 3.95. The van der Waals surface area contributed by atoms with Crippen molar-refractivity contribution in [3.8, 4) is 0 Å². The summed E-state index contributed by atoms with van der Waals surface area (Å²) in [5.74, 6) is -1.52. The van der Waals surface area contributed by atoms with Gasteiger partial charge in [0, 0.05) is 6.42 Å². The molecule has 0 bridgehead atoms. The number of hydrogen-bond acceptors (Lipinski definition) is 3. The van der Waals surface area contributed by atoms with Gasteiger partial charge in [0.1, 0.15) is 0 Å². The molecule has 0 amide bonds. The predicted octanol–water partition coefficient (Wildman–Crippen LogP) is 0.659. The maximum absolute atomic E-state index is 11.0. The second kappa shape index (κ2) is 3.13. The Balaban J connectivity index is 2.62. The van der Waals surface area contributed by atoms with E-state index in [4.69, 9.17) is 5.11 Å². The van der Waals surface area contributed by atoms with Crippen LogP contribution < -0.4 is 0 Å². The molecule has 1 N–H and O–H groups in total. The molecule has 1 aliphatic rings. The molecule has 0 radical (unpaired) electrons. The van der Waals surface area contributed by atoms with E-state index in [1.54, 1.807) is 0 Å². The van der Waals surface area contributed by atoms with Crippen LogP contribution in [0.4, 0.5) is 0 Å². The van der Waals surface area contributed by atoms with Gasteiger partial charge < -0.3 is 9.84 Å². The Morgan fingerprint density at radius 3 is 2.50 bits per heavy atom. The smallest absolute Gasteiger partial charge is 0.345 e. The summed E-state index contributed by atoms with van der Waals surface area (Å²) < 4.78 is 4.66. The Kier molecular flexibility index (Phi) is 2.35. The highest BCUT2D eigenvalue weighted by molar-refractivity contribution is 5.83. The predicted molar refractivity (Wildman–Crippen MR) is 40.5 cm³/mol. The van der Waals surface area contributed by atoms with Crippen LogP contribution >= 0.6 is 0 Å². The molecule has 0 aromatic carbocycles. The van der Waals surface area contributed by atoms with Crippen molar-refractivity contribution in [1.29, 1.82) is 0 Å². The Bertz CT molecular complexity index is 209. The Morgan fingerprint density at radius 1 is 1.67 bits per heavy atom. The lowest BCUT2D eigenvalue weighted by atomic mass is 9.93. The van der Waals surface area contributed by atoms with Crippen molar-refractivity contribution in [2.24, 2.45) is 11.8 Å². The summed E-state index contributed by atoms with van der Waals surface area (Å²) >= 11 is 0. The van der Waals surface area contributed by atoms with Gasteiger partial charge in [-0.3, -0.25) is 4.79 Å². The topological polar surface area (TPSA) is 63.6 Å². The van der Waals surface area contributed by atoms with Gasteiger partial charge in [-0.25, -0.2) is 4.79 Å². The number of carboxylic acids is 1. The minimum atomic E-state index is -1.05. The second-order valence-electron chi connectivity index (χ2n) is 3.35. The molecular formula is C8H12O4. The molecule has 4 heteroatoms. The van der Waals surface area contributed by atoms with Gasteiger partial charge in [0.25, 0.3) is 0 Å². The first-order chi connectivity index (χ1) is 5.52. The van der Waals surface area contributed by atoms with E-state index in [9.17, 15) is 9.59 Å².